The fourth-order valence-corrected chi connectivity index (χ4v) is 7.11. The molecule has 0 aliphatic carbocycles. The predicted molar refractivity (Wildman–Crippen MR) is 124 cm³/mol. The number of aliphatic carboxylic acids is 1. The standard InChI is InChI=1S/C22H33N5O5S/c1-10-9-25(13(4)23)5-6-26(10)20(29)15-7-14(8-24-15)33-19-11(2)17-16(12(3)28)21(30)27(17)18(19)22(31)32/h10-12,14-17,23-24,28H,5-9H2,1-4H3,(H,31,32)/t10?,11-,12?,14+,15+,16-,17-/m1/s1. The second kappa shape index (κ2) is 8.92. The fraction of sp³-hybridized carbons (Fsp3) is 0.727. The van der Waals surface area contributed by atoms with Gasteiger partial charge in [-0.15, -0.1) is 11.8 Å². The van der Waals surface area contributed by atoms with E-state index in [-0.39, 0.29) is 46.8 Å². The van der Waals surface area contributed by atoms with Gasteiger partial charge in [0.05, 0.1) is 29.9 Å². The third-order valence-corrected chi connectivity index (χ3v) is 8.89. The Morgan fingerprint density at radius 1 is 1.27 bits per heavy atom. The van der Waals surface area contributed by atoms with Gasteiger partial charge in [0.2, 0.25) is 11.8 Å². The molecular formula is C22H33N5O5S. The molecule has 0 spiro atoms. The molecule has 7 atom stereocenters. The normalized spacial score (nSPS) is 34.9. The van der Waals surface area contributed by atoms with Gasteiger partial charge >= 0.3 is 5.97 Å². The Balaban J connectivity index is 1.42. The van der Waals surface area contributed by atoms with E-state index in [0.29, 0.717) is 43.3 Å². The summed E-state index contributed by atoms with van der Waals surface area (Å²) in [6, 6.07) is -0.637. The minimum Gasteiger partial charge on any atom is -0.477 e. The Kier molecular flexibility index (Phi) is 6.49. The number of carbonyl (C=O) groups is 3. The Labute approximate surface area is 197 Å². The van der Waals surface area contributed by atoms with Gasteiger partial charge < -0.3 is 30.2 Å². The van der Waals surface area contributed by atoms with Crippen LogP contribution in [0.4, 0.5) is 0 Å². The largest absolute Gasteiger partial charge is 0.477 e. The summed E-state index contributed by atoms with van der Waals surface area (Å²) < 4.78 is 0. The highest BCUT2D eigenvalue weighted by atomic mass is 32.2. The van der Waals surface area contributed by atoms with Crippen molar-refractivity contribution >= 4 is 35.4 Å². The molecule has 0 aromatic rings. The van der Waals surface area contributed by atoms with E-state index in [2.05, 4.69) is 5.32 Å². The number of hydrogen-bond donors (Lipinski definition) is 4. The monoisotopic (exact) mass is 479 g/mol. The van der Waals surface area contributed by atoms with E-state index in [9.17, 15) is 24.6 Å². The maximum atomic E-state index is 13.2. The summed E-state index contributed by atoms with van der Waals surface area (Å²) in [5.74, 6) is -1.65. The molecule has 3 fully saturated rings. The summed E-state index contributed by atoms with van der Waals surface area (Å²) in [6.45, 7) is 9.70. The average Bonchev–Trinajstić information content (AvgIpc) is 3.29. The van der Waals surface area contributed by atoms with Crippen LogP contribution >= 0.6 is 11.8 Å². The minimum absolute atomic E-state index is 0.0167. The second-order valence-electron chi connectivity index (χ2n) is 9.62. The van der Waals surface area contributed by atoms with Gasteiger partial charge in [0.1, 0.15) is 5.70 Å². The van der Waals surface area contributed by atoms with Gasteiger partial charge in [0.25, 0.3) is 0 Å². The number of fused-ring (bicyclic) bond motifs is 1. The summed E-state index contributed by atoms with van der Waals surface area (Å²) in [6.07, 6.45) is -0.239. The summed E-state index contributed by atoms with van der Waals surface area (Å²) in [7, 11) is 0. The lowest BCUT2D eigenvalue weighted by Gasteiger charge is -2.46. The molecule has 0 saturated carbocycles. The summed E-state index contributed by atoms with van der Waals surface area (Å²) in [5.41, 5.74) is 0.0286. The van der Waals surface area contributed by atoms with Gasteiger partial charge in [-0.1, -0.05) is 6.92 Å². The lowest BCUT2D eigenvalue weighted by atomic mass is 9.79. The van der Waals surface area contributed by atoms with Crippen LogP contribution in [0.15, 0.2) is 10.6 Å². The van der Waals surface area contributed by atoms with Crippen molar-refractivity contribution in [2.75, 3.05) is 26.2 Å². The van der Waals surface area contributed by atoms with Crippen molar-refractivity contribution in [3.8, 4) is 0 Å². The summed E-state index contributed by atoms with van der Waals surface area (Å²) >= 11 is 1.45. The molecule has 0 aromatic heterocycles. The molecule has 182 valence electrons. The van der Waals surface area contributed by atoms with Gasteiger partial charge in [0, 0.05) is 48.3 Å². The first kappa shape index (κ1) is 24.0. The smallest absolute Gasteiger partial charge is 0.353 e. The van der Waals surface area contributed by atoms with E-state index in [1.54, 1.807) is 13.8 Å². The van der Waals surface area contributed by atoms with E-state index >= 15 is 0 Å². The zero-order valence-corrected chi connectivity index (χ0v) is 20.3. The number of amidine groups is 1. The number of piperazine rings is 1. The Bertz CT molecular complexity index is 908. The van der Waals surface area contributed by atoms with Crippen LogP contribution in [0.3, 0.4) is 0 Å². The molecule has 33 heavy (non-hydrogen) atoms. The van der Waals surface area contributed by atoms with Crippen LogP contribution in [0, 0.1) is 17.2 Å². The van der Waals surface area contributed by atoms with Crippen molar-refractivity contribution in [1.82, 2.24) is 20.0 Å². The first-order chi connectivity index (χ1) is 15.5. The number of carbonyl (C=O) groups excluding carboxylic acids is 2. The van der Waals surface area contributed by atoms with Gasteiger partial charge in [-0.2, -0.15) is 0 Å². The maximum Gasteiger partial charge on any atom is 0.353 e. The van der Waals surface area contributed by atoms with Gasteiger partial charge in [-0.25, -0.2) is 4.79 Å². The van der Waals surface area contributed by atoms with E-state index < -0.39 is 18.0 Å². The lowest BCUT2D eigenvalue weighted by molar-refractivity contribution is -0.163. The molecule has 0 radical (unpaired) electrons. The number of nitrogens with one attached hydrogen (secondary N) is 2. The molecule has 3 saturated heterocycles. The zero-order chi connectivity index (χ0) is 24.2. The van der Waals surface area contributed by atoms with Crippen LogP contribution in [0.5, 0.6) is 0 Å². The van der Waals surface area contributed by atoms with E-state index in [4.69, 9.17) is 5.41 Å². The van der Waals surface area contributed by atoms with E-state index in [1.807, 2.05) is 23.6 Å². The number of aliphatic hydroxyl groups is 1. The van der Waals surface area contributed by atoms with Crippen molar-refractivity contribution in [2.24, 2.45) is 11.8 Å². The second-order valence-corrected chi connectivity index (χ2v) is 11.0. The summed E-state index contributed by atoms with van der Waals surface area (Å²) in [4.78, 5) is 43.6. The highest BCUT2D eigenvalue weighted by Crippen LogP contribution is 2.51. The molecule has 4 rings (SSSR count). The molecule has 4 heterocycles. The van der Waals surface area contributed by atoms with Crippen molar-refractivity contribution in [3.63, 3.8) is 0 Å². The van der Waals surface area contributed by atoms with Crippen molar-refractivity contribution in [3.05, 3.63) is 10.6 Å². The van der Waals surface area contributed by atoms with Crippen LogP contribution in [0.2, 0.25) is 0 Å². The molecule has 11 heteroatoms. The molecular weight excluding hydrogens is 446 g/mol. The van der Waals surface area contributed by atoms with Crippen LogP contribution in [0.1, 0.15) is 34.1 Å². The number of rotatable bonds is 5. The van der Waals surface area contributed by atoms with Gasteiger partial charge in [-0.05, 0) is 27.2 Å². The Morgan fingerprint density at radius 2 is 1.97 bits per heavy atom. The van der Waals surface area contributed by atoms with Crippen molar-refractivity contribution in [1.29, 1.82) is 5.41 Å². The van der Waals surface area contributed by atoms with Crippen LogP contribution in [-0.2, 0) is 14.4 Å². The number of carboxylic acids is 1. The number of hydrogen-bond acceptors (Lipinski definition) is 7. The topological polar surface area (TPSA) is 137 Å². The number of aliphatic hydroxyl groups excluding tert-OH is 1. The number of β-lactam (4-membered cyclic amide) rings is 1. The van der Waals surface area contributed by atoms with Gasteiger partial charge in [-0.3, -0.25) is 15.0 Å². The third kappa shape index (κ3) is 4.04. The highest BCUT2D eigenvalue weighted by Gasteiger charge is 2.60. The number of amides is 2. The molecule has 4 aliphatic rings. The Hall–Kier alpha value is -2.11. The molecule has 4 N–H and O–H groups in total. The first-order valence-corrected chi connectivity index (χ1v) is 12.4. The Morgan fingerprint density at radius 3 is 2.55 bits per heavy atom. The first-order valence-electron chi connectivity index (χ1n) is 11.5. The zero-order valence-electron chi connectivity index (χ0n) is 19.4. The predicted octanol–water partition coefficient (Wildman–Crippen LogP) is 0.134. The number of nitrogens with zero attached hydrogens (tertiary/aromatic N) is 3. The molecule has 2 unspecified atom stereocenters. The van der Waals surface area contributed by atoms with E-state index in [0.717, 1.165) is 0 Å². The molecule has 2 amide bonds. The number of carboxylic acid groups (broad SMARTS) is 1. The molecule has 4 aliphatic heterocycles. The van der Waals surface area contributed by atoms with Crippen molar-refractivity contribution < 1.29 is 24.6 Å². The molecule has 0 bridgehead atoms. The van der Waals surface area contributed by atoms with Crippen LogP contribution in [-0.4, -0.2) is 104 Å². The lowest BCUT2D eigenvalue weighted by Crippen LogP contribution is -2.63. The highest BCUT2D eigenvalue weighted by molar-refractivity contribution is 8.03. The maximum absolute atomic E-state index is 13.2. The SMILES string of the molecule is CC(=N)N1CCN(C(=O)[C@@H]2C[C@H](SC3=C(C(=O)O)N4C(=O)[C@H](C(C)O)[C@H]4[C@H]3C)CN2)C(C)C1. The molecule has 10 nitrogen and oxygen atoms in total. The van der Waals surface area contributed by atoms with E-state index in [1.165, 1.54) is 16.7 Å². The van der Waals surface area contributed by atoms with Crippen LogP contribution < -0.4 is 5.32 Å². The van der Waals surface area contributed by atoms with Crippen molar-refractivity contribution in [2.45, 2.75) is 63.6 Å². The molecule has 0 aromatic carbocycles. The quantitative estimate of drug-likeness (QED) is 0.248. The summed E-state index contributed by atoms with van der Waals surface area (Å²) in [5, 5.41) is 31.0. The fourth-order valence-electron chi connectivity index (χ4n) is 5.63. The average molecular weight is 480 g/mol. The van der Waals surface area contributed by atoms with Gasteiger partial charge in [0.15, 0.2) is 0 Å². The minimum atomic E-state index is -1.13. The third-order valence-electron chi connectivity index (χ3n) is 7.38. The van der Waals surface area contributed by atoms with Crippen LogP contribution in [0.25, 0.3) is 0 Å². The number of thioether (sulfide) groups is 1.